The van der Waals surface area contributed by atoms with Crippen LogP contribution in [0.5, 0.6) is 0 Å². The van der Waals surface area contributed by atoms with E-state index in [1.54, 1.807) is 0 Å². The molecule has 0 aliphatic rings. The number of nitrogens with one attached hydrogen (secondary N) is 3. The summed E-state index contributed by atoms with van der Waals surface area (Å²) in [4.78, 5) is 0.419. The van der Waals surface area contributed by atoms with Crippen molar-refractivity contribution >= 4 is 47.1 Å². The van der Waals surface area contributed by atoms with Gasteiger partial charge in [-0.05, 0) is 0 Å². The van der Waals surface area contributed by atoms with Gasteiger partial charge in [0.2, 0.25) is 0 Å². The van der Waals surface area contributed by atoms with E-state index >= 15 is 0 Å². The SMILES string of the molecule is S=CNC(=S)c1n[nH][nH]c1=S. The average Bonchev–Trinajstić information content (AvgIpc) is 2.36. The highest BCUT2D eigenvalue weighted by atomic mass is 32.1. The Balaban J connectivity index is 2.93. The first-order valence-electron chi connectivity index (χ1n) is 2.63. The topological polar surface area (TPSA) is 56.5 Å². The normalized spacial score (nSPS) is 9.09. The minimum atomic E-state index is 0.419. The number of rotatable bonds is 2. The molecule has 1 aromatic heterocycles. The van der Waals surface area contributed by atoms with Crippen LogP contribution in [-0.2, 0) is 0 Å². The number of hydrogen-bond donors (Lipinski definition) is 3. The fourth-order valence-electron chi connectivity index (χ4n) is 0.520. The van der Waals surface area contributed by atoms with E-state index in [0.717, 1.165) is 0 Å². The Kier molecular flexibility index (Phi) is 2.80. The Bertz CT molecular complexity index is 324. The van der Waals surface area contributed by atoms with Gasteiger partial charge < -0.3 is 5.32 Å². The van der Waals surface area contributed by atoms with Gasteiger partial charge in [0, 0.05) is 0 Å². The molecule has 0 radical (unpaired) electrons. The van der Waals surface area contributed by atoms with Gasteiger partial charge in [0.05, 0.1) is 5.49 Å². The van der Waals surface area contributed by atoms with Crippen molar-refractivity contribution in [2.75, 3.05) is 0 Å². The standard InChI is InChI=1S/C4H4N4S3/c9-1-5-3(10)2-4(11)7-8-6-2/h1H,(H,5,9,10)(H2,6,7,8,11). The minimum Gasteiger partial charge on any atom is -0.342 e. The number of aromatic amines is 2. The second-order valence-electron chi connectivity index (χ2n) is 1.62. The summed E-state index contributed by atoms with van der Waals surface area (Å²) in [6, 6.07) is 0. The zero-order valence-corrected chi connectivity index (χ0v) is 7.70. The van der Waals surface area contributed by atoms with Crippen LogP contribution in [0.2, 0.25) is 0 Å². The predicted octanol–water partition coefficient (Wildman–Crippen LogP) is 0.690. The minimum absolute atomic E-state index is 0.419. The second kappa shape index (κ2) is 3.65. The Morgan fingerprint density at radius 3 is 2.82 bits per heavy atom. The molecule has 0 atom stereocenters. The zero-order chi connectivity index (χ0) is 8.27. The molecule has 0 aromatic carbocycles. The predicted molar refractivity (Wildman–Crippen MR) is 52.3 cm³/mol. The van der Waals surface area contributed by atoms with Crippen molar-refractivity contribution in [2.45, 2.75) is 0 Å². The van der Waals surface area contributed by atoms with E-state index in [1.165, 1.54) is 5.49 Å². The highest BCUT2D eigenvalue weighted by Crippen LogP contribution is 1.93. The molecule has 3 N–H and O–H groups in total. The van der Waals surface area contributed by atoms with E-state index in [1.807, 2.05) is 0 Å². The molecule has 0 spiro atoms. The lowest BCUT2D eigenvalue weighted by atomic mass is 10.5. The summed E-state index contributed by atoms with van der Waals surface area (Å²) in [6.45, 7) is 0. The van der Waals surface area contributed by atoms with Crippen LogP contribution in [0.1, 0.15) is 5.69 Å². The maximum absolute atomic E-state index is 4.88. The van der Waals surface area contributed by atoms with Gasteiger partial charge in [-0.2, -0.15) is 5.10 Å². The maximum Gasteiger partial charge on any atom is 0.156 e. The number of nitrogens with zero attached hydrogens (tertiary/aromatic N) is 1. The molecular weight excluding hydrogens is 200 g/mol. The van der Waals surface area contributed by atoms with Crippen molar-refractivity contribution in [2.24, 2.45) is 0 Å². The first kappa shape index (κ1) is 8.44. The third kappa shape index (κ3) is 1.88. The van der Waals surface area contributed by atoms with Crippen molar-refractivity contribution in [3.05, 3.63) is 10.3 Å². The van der Waals surface area contributed by atoms with Crippen molar-refractivity contribution in [1.82, 2.24) is 20.7 Å². The third-order valence-corrected chi connectivity index (χ3v) is 1.68. The second-order valence-corrected chi connectivity index (χ2v) is 2.67. The molecule has 1 aromatic rings. The molecule has 0 aliphatic heterocycles. The molecule has 0 fully saturated rings. The number of hydrogen-bond acceptors (Lipinski definition) is 4. The van der Waals surface area contributed by atoms with E-state index in [0.29, 0.717) is 15.3 Å². The quantitative estimate of drug-likeness (QED) is 0.619. The molecule has 1 rings (SSSR count). The van der Waals surface area contributed by atoms with E-state index in [4.69, 9.17) is 24.4 Å². The van der Waals surface area contributed by atoms with Crippen molar-refractivity contribution in [3.63, 3.8) is 0 Å². The smallest absolute Gasteiger partial charge is 0.156 e. The fourth-order valence-corrected chi connectivity index (χ4v) is 1.18. The Hall–Kier alpha value is -0.660. The van der Waals surface area contributed by atoms with Gasteiger partial charge in [-0.25, -0.2) is 5.21 Å². The van der Waals surface area contributed by atoms with E-state index < -0.39 is 0 Å². The largest absolute Gasteiger partial charge is 0.342 e. The van der Waals surface area contributed by atoms with Crippen LogP contribution in [0.3, 0.4) is 0 Å². The highest BCUT2D eigenvalue weighted by molar-refractivity contribution is 7.81. The molecule has 0 saturated carbocycles. The van der Waals surface area contributed by atoms with Crippen molar-refractivity contribution < 1.29 is 0 Å². The third-order valence-electron chi connectivity index (χ3n) is 0.957. The molecule has 1 heterocycles. The van der Waals surface area contributed by atoms with Crippen LogP contribution < -0.4 is 5.32 Å². The lowest BCUT2D eigenvalue weighted by molar-refractivity contribution is 0.934. The Labute approximate surface area is 78.4 Å². The summed E-state index contributed by atoms with van der Waals surface area (Å²) >= 11 is 14.3. The summed E-state index contributed by atoms with van der Waals surface area (Å²) in [5.41, 5.74) is 1.82. The zero-order valence-electron chi connectivity index (χ0n) is 5.25. The van der Waals surface area contributed by atoms with Gasteiger partial charge in [0.25, 0.3) is 0 Å². The molecule has 0 bridgehead atoms. The lowest BCUT2D eigenvalue weighted by Gasteiger charge is -1.93. The first-order chi connectivity index (χ1) is 5.25. The molecule has 4 nitrogen and oxygen atoms in total. The average molecular weight is 204 g/mol. The molecule has 11 heavy (non-hydrogen) atoms. The number of aromatic nitrogens is 3. The first-order valence-corrected chi connectivity index (χ1v) is 3.92. The molecule has 0 saturated heterocycles. The Morgan fingerprint density at radius 2 is 2.36 bits per heavy atom. The molecule has 0 amide bonds. The van der Waals surface area contributed by atoms with Crippen molar-refractivity contribution in [3.8, 4) is 0 Å². The van der Waals surface area contributed by atoms with Crippen LogP contribution in [0.4, 0.5) is 0 Å². The fraction of sp³-hybridized carbons (Fsp3) is 0. The number of thiocarbonyl (C=S) groups is 2. The highest BCUT2D eigenvalue weighted by Gasteiger charge is 2.03. The summed E-state index contributed by atoms with van der Waals surface area (Å²) in [5.74, 6) is 0. The van der Waals surface area contributed by atoms with Crippen LogP contribution in [0.25, 0.3) is 0 Å². The van der Waals surface area contributed by atoms with E-state index in [-0.39, 0.29) is 0 Å². The van der Waals surface area contributed by atoms with Gasteiger partial charge in [0.15, 0.2) is 5.69 Å². The van der Waals surface area contributed by atoms with Gasteiger partial charge >= 0.3 is 0 Å². The number of H-pyrrole nitrogens is 2. The van der Waals surface area contributed by atoms with E-state index in [9.17, 15) is 0 Å². The van der Waals surface area contributed by atoms with Gasteiger partial charge in [-0.1, -0.05) is 36.7 Å². The van der Waals surface area contributed by atoms with Gasteiger partial charge in [0.1, 0.15) is 9.63 Å². The monoisotopic (exact) mass is 204 g/mol. The summed E-state index contributed by atoms with van der Waals surface area (Å²) in [7, 11) is 0. The lowest BCUT2D eigenvalue weighted by Crippen LogP contribution is -2.19. The molecular formula is C4H4N4S3. The molecule has 0 unspecified atom stereocenters. The summed E-state index contributed by atoms with van der Waals surface area (Å²) in [6.07, 6.45) is 0. The molecule has 0 aliphatic carbocycles. The molecule has 58 valence electrons. The van der Waals surface area contributed by atoms with Crippen LogP contribution in [-0.4, -0.2) is 25.9 Å². The maximum atomic E-state index is 4.88. The summed E-state index contributed by atoms with van der Waals surface area (Å²) in [5, 5.41) is 11.5. The summed E-state index contributed by atoms with van der Waals surface area (Å²) < 4.78 is 0.472. The van der Waals surface area contributed by atoms with E-state index in [2.05, 4.69) is 32.9 Å². The Morgan fingerprint density at radius 1 is 1.64 bits per heavy atom. The van der Waals surface area contributed by atoms with Crippen LogP contribution in [0, 0.1) is 4.64 Å². The van der Waals surface area contributed by atoms with Crippen LogP contribution in [0.15, 0.2) is 0 Å². The van der Waals surface area contributed by atoms with Gasteiger partial charge in [-0.15, -0.1) is 0 Å². The van der Waals surface area contributed by atoms with Gasteiger partial charge in [-0.3, -0.25) is 5.10 Å². The molecule has 7 heteroatoms. The van der Waals surface area contributed by atoms with Crippen molar-refractivity contribution in [1.29, 1.82) is 0 Å². The van der Waals surface area contributed by atoms with Crippen LogP contribution >= 0.6 is 36.7 Å².